The molecule has 0 aliphatic heterocycles. The summed E-state index contributed by atoms with van der Waals surface area (Å²) in [5, 5.41) is 6.99. The third-order valence-corrected chi connectivity index (χ3v) is 8.20. The molecule has 2 heterocycles. The fourth-order valence-corrected chi connectivity index (χ4v) is 5.78. The molecule has 0 saturated heterocycles. The molecule has 1 atom stereocenters. The molecule has 0 aromatic carbocycles. The maximum atomic E-state index is 13.2. The van der Waals surface area contributed by atoms with Crippen molar-refractivity contribution >= 4 is 17.2 Å². The van der Waals surface area contributed by atoms with Crippen molar-refractivity contribution in [1.82, 2.24) is 14.5 Å². The molecule has 1 unspecified atom stereocenters. The minimum Gasteiger partial charge on any atom is -0.356 e. The van der Waals surface area contributed by atoms with Crippen LogP contribution in [0.2, 0.25) is 0 Å². The summed E-state index contributed by atoms with van der Waals surface area (Å²) < 4.78 is 9.41. The molecule has 1 fully saturated rings. The van der Waals surface area contributed by atoms with E-state index in [-0.39, 0.29) is 22.7 Å². The molecule has 2 aromatic rings. The van der Waals surface area contributed by atoms with Crippen molar-refractivity contribution in [2.45, 2.75) is 99.0 Å². The zero-order valence-corrected chi connectivity index (χ0v) is 21.9. The van der Waals surface area contributed by atoms with Gasteiger partial charge in [-0.3, -0.25) is 14.3 Å². The fourth-order valence-electron chi connectivity index (χ4n) is 5.78. The van der Waals surface area contributed by atoms with Gasteiger partial charge in [0.2, 0.25) is 0 Å². The molecule has 2 aliphatic carbocycles. The third kappa shape index (κ3) is 4.41. The highest BCUT2D eigenvalue weighted by Gasteiger charge is 2.32. The lowest BCUT2D eigenvalue weighted by Gasteiger charge is -2.35. The van der Waals surface area contributed by atoms with Crippen molar-refractivity contribution in [1.29, 1.82) is 0 Å². The van der Waals surface area contributed by atoms with E-state index in [0.717, 1.165) is 56.2 Å². The standard InChI is InChI=1S/C27H40N4O3/c1-16-15-19(27(4,5)6)13-14-21(16)24-17(2)22(29-34-24)25(32)28-23-18(3)30(7)31(26(23)33)20-11-9-8-10-12-20/h19-20H,8-15H2,1-7H3,(H,28,32). The van der Waals surface area contributed by atoms with Crippen molar-refractivity contribution in [3.05, 3.63) is 38.6 Å². The van der Waals surface area contributed by atoms with Gasteiger partial charge in [0.15, 0.2) is 11.5 Å². The van der Waals surface area contributed by atoms with Crippen LogP contribution in [0.3, 0.4) is 0 Å². The molecular weight excluding hydrogens is 428 g/mol. The fraction of sp³-hybridized carbons (Fsp3) is 0.667. The van der Waals surface area contributed by atoms with Crippen LogP contribution < -0.4 is 10.9 Å². The SMILES string of the molecule is CC1=C(c2onc(C(=O)Nc3c(C)n(C)n(C4CCCCC4)c3=O)c2C)CCC(C(C)(C)C)C1. The predicted octanol–water partition coefficient (Wildman–Crippen LogP) is 6.17. The Morgan fingerprint density at radius 2 is 1.76 bits per heavy atom. The van der Waals surface area contributed by atoms with Crippen molar-refractivity contribution in [2.24, 2.45) is 18.4 Å². The molecule has 0 bridgehead atoms. The second-order valence-electron chi connectivity index (χ2n) is 11.4. The molecule has 0 spiro atoms. The Morgan fingerprint density at radius 1 is 1.09 bits per heavy atom. The van der Waals surface area contributed by atoms with Crippen LogP contribution in [0.4, 0.5) is 5.69 Å². The van der Waals surface area contributed by atoms with E-state index >= 15 is 0 Å². The van der Waals surface area contributed by atoms with Gasteiger partial charge < -0.3 is 9.84 Å². The smallest absolute Gasteiger partial charge is 0.291 e. The summed E-state index contributed by atoms with van der Waals surface area (Å²) in [6.45, 7) is 12.8. The lowest BCUT2D eigenvalue weighted by Crippen LogP contribution is -2.29. The van der Waals surface area contributed by atoms with E-state index in [2.05, 4.69) is 38.2 Å². The van der Waals surface area contributed by atoms with Gasteiger partial charge in [0.05, 0.1) is 11.7 Å². The van der Waals surface area contributed by atoms with Crippen molar-refractivity contribution in [3.8, 4) is 0 Å². The van der Waals surface area contributed by atoms with E-state index in [1.807, 2.05) is 30.3 Å². The number of allylic oxidation sites excluding steroid dienone is 2. The lowest BCUT2D eigenvalue weighted by atomic mass is 9.70. The molecule has 7 heteroatoms. The first-order valence-corrected chi connectivity index (χ1v) is 12.7. The minimum atomic E-state index is -0.393. The van der Waals surface area contributed by atoms with Crippen molar-refractivity contribution < 1.29 is 9.32 Å². The molecule has 1 amide bonds. The number of nitrogens with one attached hydrogen (secondary N) is 1. The molecule has 2 aliphatic rings. The highest BCUT2D eigenvalue weighted by molar-refractivity contribution is 6.04. The Hall–Kier alpha value is -2.57. The van der Waals surface area contributed by atoms with Crippen LogP contribution in [0.5, 0.6) is 0 Å². The highest BCUT2D eigenvalue weighted by atomic mass is 16.5. The third-order valence-electron chi connectivity index (χ3n) is 8.20. The van der Waals surface area contributed by atoms with Crippen molar-refractivity contribution in [2.75, 3.05) is 5.32 Å². The zero-order chi connectivity index (χ0) is 24.8. The highest BCUT2D eigenvalue weighted by Crippen LogP contribution is 2.43. The largest absolute Gasteiger partial charge is 0.356 e. The van der Waals surface area contributed by atoms with E-state index in [9.17, 15) is 9.59 Å². The van der Waals surface area contributed by atoms with Gasteiger partial charge in [0.1, 0.15) is 5.69 Å². The molecule has 1 N–H and O–H groups in total. The van der Waals surface area contributed by atoms with E-state index in [1.54, 1.807) is 0 Å². The summed E-state index contributed by atoms with van der Waals surface area (Å²) >= 11 is 0. The quantitative estimate of drug-likeness (QED) is 0.582. The van der Waals surface area contributed by atoms with Crippen molar-refractivity contribution in [3.63, 3.8) is 0 Å². The van der Waals surface area contributed by atoms with Gasteiger partial charge in [-0.1, -0.05) is 50.8 Å². The summed E-state index contributed by atoms with van der Waals surface area (Å²) in [5.74, 6) is 0.949. The number of hydrogen-bond donors (Lipinski definition) is 1. The number of carbonyl (C=O) groups excluding carboxylic acids is 1. The van der Waals surface area contributed by atoms with Gasteiger partial charge >= 0.3 is 0 Å². The van der Waals surface area contributed by atoms with Gasteiger partial charge in [0, 0.05) is 12.6 Å². The predicted molar refractivity (Wildman–Crippen MR) is 135 cm³/mol. The first kappa shape index (κ1) is 24.6. The average molecular weight is 469 g/mol. The van der Waals surface area contributed by atoms with Gasteiger partial charge in [0.25, 0.3) is 11.5 Å². The Balaban J connectivity index is 1.58. The number of hydrogen-bond acceptors (Lipinski definition) is 4. The van der Waals surface area contributed by atoms with Crippen LogP contribution in [-0.2, 0) is 7.05 Å². The molecule has 7 nitrogen and oxygen atoms in total. The van der Waals surface area contributed by atoms with Gasteiger partial charge in [-0.2, -0.15) is 0 Å². The summed E-state index contributed by atoms with van der Waals surface area (Å²) in [6, 6.07) is 0.189. The maximum Gasteiger partial charge on any atom is 0.291 e. The monoisotopic (exact) mass is 468 g/mol. The second-order valence-corrected chi connectivity index (χ2v) is 11.4. The number of carbonyl (C=O) groups is 1. The second kappa shape index (κ2) is 9.23. The first-order chi connectivity index (χ1) is 16.0. The van der Waals surface area contributed by atoms with Crippen LogP contribution in [0.1, 0.15) is 113 Å². The van der Waals surface area contributed by atoms with Gasteiger partial charge in [-0.15, -0.1) is 0 Å². The molecule has 2 aromatic heterocycles. The van der Waals surface area contributed by atoms with E-state index < -0.39 is 5.91 Å². The maximum absolute atomic E-state index is 13.2. The van der Waals surface area contributed by atoms with Gasteiger partial charge in [-0.25, -0.2) is 4.68 Å². The number of rotatable bonds is 4. The number of anilines is 1. The number of nitrogens with zero attached hydrogens (tertiary/aromatic N) is 3. The molecule has 186 valence electrons. The normalized spacial score (nSPS) is 20.1. The summed E-state index contributed by atoms with van der Waals surface area (Å²) in [6.07, 6.45) is 8.55. The molecule has 0 radical (unpaired) electrons. The molecular formula is C27H40N4O3. The minimum absolute atomic E-state index is 0.138. The van der Waals surface area contributed by atoms with Crippen LogP contribution in [-0.4, -0.2) is 20.4 Å². The summed E-state index contributed by atoms with van der Waals surface area (Å²) in [7, 11) is 1.89. The van der Waals surface area contributed by atoms with Crippen LogP contribution in [0.15, 0.2) is 14.9 Å². The topological polar surface area (TPSA) is 82.1 Å². The van der Waals surface area contributed by atoms with Crippen LogP contribution in [0, 0.1) is 25.2 Å². The number of amides is 1. The Labute approximate surface area is 202 Å². The van der Waals surface area contributed by atoms with Crippen LogP contribution in [0.25, 0.3) is 5.57 Å². The van der Waals surface area contributed by atoms with E-state index in [4.69, 9.17) is 4.52 Å². The molecule has 4 rings (SSSR count). The number of aromatic nitrogens is 3. The lowest BCUT2D eigenvalue weighted by molar-refractivity contribution is 0.101. The summed E-state index contributed by atoms with van der Waals surface area (Å²) in [4.78, 5) is 26.4. The molecule has 1 saturated carbocycles. The summed E-state index contributed by atoms with van der Waals surface area (Å²) in [5.41, 5.74) is 4.69. The molecule has 34 heavy (non-hydrogen) atoms. The Bertz CT molecular complexity index is 1170. The Kier molecular flexibility index (Phi) is 6.67. The first-order valence-electron chi connectivity index (χ1n) is 12.7. The van der Waals surface area contributed by atoms with E-state index in [1.165, 1.54) is 17.6 Å². The average Bonchev–Trinajstić information content (AvgIpc) is 3.26. The van der Waals surface area contributed by atoms with Gasteiger partial charge in [-0.05, 0) is 69.8 Å². The van der Waals surface area contributed by atoms with Crippen LogP contribution >= 0.6 is 0 Å². The Morgan fingerprint density at radius 3 is 2.38 bits per heavy atom. The zero-order valence-electron chi connectivity index (χ0n) is 21.9. The van der Waals surface area contributed by atoms with E-state index in [0.29, 0.717) is 17.4 Å².